The van der Waals surface area contributed by atoms with Crippen LogP contribution in [0.25, 0.3) is 0 Å². The molecule has 0 bridgehead atoms. The van der Waals surface area contributed by atoms with Gasteiger partial charge in [-0.15, -0.1) is 0 Å². The van der Waals surface area contributed by atoms with Crippen molar-refractivity contribution in [1.29, 1.82) is 0 Å². The lowest BCUT2D eigenvalue weighted by Crippen LogP contribution is -2.31. The zero-order chi connectivity index (χ0) is 16.3. The number of nitrogens with zero attached hydrogens (tertiary/aromatic N) is 4. The Morgan fingerprint density at radius 2 is 0.955 bits per heavy atom. The molecule has 0 N–H and O–H groups in total. The molecular formula is C14H14F4N4. The number of likely N-dealkylation sites (N-methyl/N-ethyl adjacent to an activating group) is 2. The normalized spacial score (nSPS) is 10.6. The number of anilines is 2. The van der Waals surface area contributed by atoms with Crippen molar-refractivity contribution < 1.29 is 17.6 Å². The summed E-state index contributed by atoms with van der Waals surface area (Å²) >= 11 is 0. The Labute approximate surface area is 125 Å². The van der Waals surface area contributed by atoms with Gasteiger partial charge in [-0.05, 0) is 0 Å². The molecule has 0 aliphatic rings. The molecule has 0 aromatic carbocycles. The van der Waals surface area contributed by atoms with Gasteiger partial charge in [0.25, 0.3) is 0 Å². The van der Waals surface area contributed by atoms with E-state index in [1.54, 1.807) is 23.9 Å². The van der Waals surface area contributed by atoms with Crippen LogP contribution in [-0.4, -0.2) is 37.2 Å². The molecule has 0 spiro atoms. The molecule has 0 radical (unpaired) electrons. The standard InChI is InChI=1S/C14H14F4N4/c1-21(9-5-11(15)19-12(16)6-9)3-4-22(2)10-7-13(17)20-14(18)8-10/h5-8H,3-4H2,1-2H3. The largest absolute Gasteiger partial charge is 0.373 e. The molecule has 118 valence electrons. The van der Waals surface area contributed by atoms with Gasteiger partial charge in [0.2, 0.25) is 23.8 Å². The second-order valence-electron chi connectivity index (χ2n) is 4.78. The molecule has 2 rings (SSSR count). The third kappa shape index (κ3) is 4.06. The molecule has 0 aliphatic heterocycles. The van der Waals surface area contributed by atoms with Crippen molar-refractivity contribution in [2.75, 3.05) is 37.0 Å². The van der Waals surface area contributed by atoms with Crippen LogP contribution in [0.3, 0.4) is 0 Å². The van der Waals surface area contributed by atoms with Crippen LogP contribution >= 0.6 is 0 Å². The van der Waals surface area contributed by atoms with Gasteiger partial charge in [0, 0.05) is 62.8 Å². The van der Waals surface area contributed by atoms with E-state index in [0.717, 1.165) is 24.3 Å². The highest BCUT2D eigenvalue weighted by Crippen LogP contribution is 2.17. The Bertz CT molecular complexity index is 567. The fraction of sp³-hybridized carbons (Fsp3) is 0.286. The number of rotatable bonds is 5. The average Bonchev–Trinajstić information content (AvgIpc) is 2.42. The zero-order valence-electron chi connectivity index (χ0n) is 12.0. The van der Waals surface area contributed by atoms with Crippen LogP contribution in [0.4, 0.5) is 28.9 Å². The number of pyridine rings is 2. The quantitative estimate of drug-likeness (QED) is 0.627. The minimum absolute atomic E-state index is 0.325. The smallest absolute Gasteiger partial charge is 0.217 e. The highest BCUT2D eigenvalue weighted by molar-refractivity contribution is 5.47. The molecule has 0 unspecified atom stereocenters. The second kappa shape index (κ2) is 6.59. The van der Waals surface area contributed by atoms with Crippen molar-refractivity contribution in [2.24, 2.45) is 0 Å². The first-order valence-corrected chi connectivity index (χ1v) is 6.43. The van der Waals surface area contributed by atoms with E-state index in [1.807, 2.05) is 0 Å². The van der Waals surface area contributed by atoms with Gasteiger partial charge in [0.1, 0.15) is 0 Å². The van der Waals surface area contributed by atoms with Gasteiger partial charge in [0.05, 0.1) is 0 Å². The molecule has 4 nitrogen and oxygen atoms in total. The predicted molar refractivity (Wildman–Crippen MR) is 74.8 cm³/mol. The first kappa shape index (κ1) is 16.0. The zero-order valence-corrected chi connectivity index (χ0v) is 12.0. The van der Waals surface area contributed by atoms with Crippen LogP contribution < -0.4 is 9.80 Å². The molecule has 0 saturated heterocycles. The summed E-state index contributed by atoms with van der Waals surface area (Å²) in [5.41, 5.74) is 0.649. The topological polar surface area (TPSA) is 32.3 Å². The lowest BCUT2D eigenvalue weighted by atomic mass is 10.3. The van der Waals surface area contributed by atoms with Gasteiger partial charge in [-0.25, -0.2) is 0 Å². The first-order valence-electron chi connectivity index (χ1n) is 6.43. The molecule has 0 saturated carbocycles. The van der Waals surface area contributed by atoms with Gasteiger partial charge in [-0.2, -0.15) is 27.5 Å². The molecule has 2 aromatic rings. The lowest BCUT2D eigenvalue weighted by Gasteiger charge is -2.25. The number of hydrogen-bond donors (Lipinski definition) is 0. The molecule has 0 aliphatic carbocycles. The third-order valence-electron chi connectivity index (χ3n) is 3.15. The van der Waals surface area contributed by atoms with Gasteiger partial charge < -0.3 is 9.80 Å². The molecule has 8 heteroatoms. The van der Waals surface area contributed by atoms with Crippen molar-refractivity contribution in [3.05, 3.63) is 48.1 Å². The van der Waals surface area contributed by atoms with Crippen molar-refractivity contribution in [2.45, 2.75) is 0 Å². The maximum Gasteiger partial charge on any atom is 0.217 e. The summed E-state index contributed by atoms with van der Waals surface area (Å²) in [6.45, 7) is 0.760. The highest BCUT2D eigenvalue weighted by Gasteiger charge is 2.10. The van der Waals surface area contributed by atoms with Gasteiger partial charge in [-0.3, -0.25) is 0 Å². The number of halogens is 4. The summed E-state index contributed by atoms with van der Waals surface area (Å²) in [4.78, 5) is 9.26. The van der Waals surface area contributed by atoms with Crippen LogP contribution in [0.1, 0.15) is 0 Å². The highest BCUT2D eigenvalue weighted by atomic mass is 19.1. The van der Waals surface area contributed by atoms with E-state index in [4.69, 9.17) is 0 Å². The SMILES string of the molecule is CN(CCN(C)c1cc(F)nc(F)c1)c1cc(F)nc(F)c1. The Morgan fingerprint density at radius 1 is 0.682 bits per heavy atom. The van der Waals surface area contributed by atoms with Crippen molar-refractivity contribution in [3.63, 3.8) is 0 Å². The Morgan fingerprint density at radius 3 is 1.23 bits per heavy atom. The van der Waals surface area contributed by atoms with Gasteiger partial charge >= 0.3 is 0 Å². The van der Waals surface area contributed by atoms with E-state index in [2.05, 4.69) is 9.97 Å². The minimum Gasteiger partial charge on any atom is -0.373 e. The summed E-state index contributed by atoms with van der Waals surface area (Å²) in [5.74, 6) is -3.64. The average molecular weight is 314 g/mol. The summed E-state index contributed by atoms with van der Waals surface area (Å²) in [7, 11) is 3.30. The van der Waals surface area contributed by atoms with Crippen LogP contribution in [0.2, 0.25) is 0 Å². The fourth-order valence-electron chi connectivity index (χ4n) is 1.90. The summed E-state index contributed by atoms with van der Waals surface area (Å²) in [5, 5.41) is 0. The van der Waals surface area contributed by atoms with E-state index in [9.17, 15) is 17.6 Å². The van der Waals surface area contributed by atoms with E-state index < -0.39 is 23.8 Å². The van der Waals surface area contributed by atoms with Crippen molar-refractivity contribution in [1.82, 2.24) is 9.97 Å². The van der Waals surface area contributed by atoms with Crippen LogP contribution in [0, 0.1) is 23.8 Å². The van der Waals surface area contributed by atoms with E-state index in [1.165, 1.54) is 0 Å². The molecule has 0 fully saturated rings. The lowest BCUT2D eigenvalue weighted by molar-refractivity contribution is 0.511. The van der Waals surface area contributed by atoms with Crippen molar-refractivity contribution in [3.8, 4) is 0 Å². The molecule has 0 atom stereocenters. The molecule has 2 heterocycles. The third-order valence-corrected chi connectivity index (χ3v) is 3.15. The van der Waals surface area contributed by atoms with Gasteiger partial charge in [-0.1, -0.05) is 0 Å². The Hall–Kier alpha value is -2.38. The summed E-state index contributed by atoms with van der Waals surface area (Å²) < 4.78 is 52.3. The summed E-state index contributed by atoms with van der Waals surface area (Å²) in [6, 6.07) is 4.42. The second-order valence-corrected chi connectivity index (χ2v) is 4.78. The maximum atomic E-state index is 13.1. The molecular weight excluding hydrogens is 300 g/mol. The number of hydrogen-bond acceptors (Lipinski definition) is 4. The van der Waals surface area contributed by atoms with Crippen LogP contribution in [0.5, 0.6) is 0 Å². The van der Waals surface area contributed by atoms with Crippen molar-refractivity contribution >= 4 is 11.4 Å². The van der Waals surface area contributed by atoms with Gasteiger partial charge in [0.15, 0.2) is 0 Å². The van der Waals surface area contributed by atoms with Crippen LogP contribution in [0.15, 0.2) is 24.3 Å². The monoisotopic (exact) mass is 314 g/mol. The van der Waals surface area contributed by atoms with E-state index in [-0.39, 0.29) is 0 Å². The summed E-state index contributed by atoms with van der Waals surface area (Å²) in [6.07, 6.45) is 0. The number of aromatic nitrogens is 2. The Kier molecular flexibility index (Phi) is 4.79. The molecule has 22 heavy (non-hydrogen) atoms. The van der Waals surface area contributed by atoms with E-state index in [0.29, 0.717) is 24.5 Å². The fourth-order valence-corrected chi connectivity index (χ4v) is 1.90. The molecule has 2 aromatic heterocycles. The maximum absolute atomic E-state index is 13.1. The van der Waals surface area contributed by atoms with Crippen LogP contribution in [-0.2, 0) is 0 Å². The first-order chi connectivity index (χ1) is 10.3. The predicted octanol–water partition coefficient (Wildman–Crippen LogP) is 2.61. The molecule has 0 amide bonds. The van der Waals surface area contributed by atoms with E-state index >= 15 is 0 Å². The minimum atomic E-state index is -0.909. The Balaban J connectivity index is 2.02.